The van der Waals surface area contributed by atoms with Crippen molar-refractivity contribution in [2.45, 2.75) is 99.8 Å². The van der Waals surface area contributed by atoms with Crippen LogP contribution < -0.4 is 0 Å². The Kier molecular flexibility index (Phi) is 8.43. The lowest BCUT2D eigenvalue weighted by molar-refractivity contribution is -0.165. The Morgan fingerprint density at radius 3 is 2.33 bits per heavy atom. The largest absolute Gasteiger partial charge is 0.481 e. The second kappa shape index (κ2) is 10.0. The van der Waals surface area contributed by atoms with Gasteiger partial charge in [-0.2, -0.15) is 0 Å². The Hall–Kier alpha value is -1.06. The average molecular weight is 423 g/mol. The summed E-state index contributed by atoms with van der Waals surface area (Å²) < 4.78 is 5.87. The molecule has 4 heteroatoms. The van der Waals surface area contributed by atoms with Crippen LogP contribution in [0.1, 0.15) is 99.8 Å². The molecule has 0 aromatic rings. The van der Waals surface area contributed by atoms with Crippen molar-refractivity contribution in [2.24, 2.45) is 46.3 Å². The first-order valence-corrected chi connectivity index (χ1v) is 12.3. The summed E-state index contributed by atoms with van der Waals surface area (Å²) in [6, 6.07) is 0. The van der Waals surface area contributed by atoms with E-state index in [1.54, 1.807) is 0 Å². The number of ether oxygens (including phenoxy) is 1. The third-order valence-electron chi connectivity index (χ3n) is 8.41. The van der Waals surface area contributed by atoms with Crippen LogP contribution in [0.3, 0.4) is 0 Å². The Labute approximate surface area is 184 Å². The molecular weight excluding hydrogens is 376 g/mol. The lowest BCUT2D eigenvalue weighted by Crippen LogP contribution is -2.48. The second-order valence-corrected chi connectivity index (χ2v) is 11.8. The van der Waals surface area contributed by atoms with Gasteiger partial charge < -0.3 is 9.84 Å². The molecule has 0 spiro atoms. The van der Waals surface area contributed by atoms with Crippen LogP contribution in [0.2, 0.25) is 0 Å². The Bertz CT molecular complexity index is 588. The van der Waals surface area contributed by atoms with Gasteiger partial charge in [-0.25, -0.2) is 0 Å². The van der Waals surface area contributed by atoms with Gasteiger partial charge in [0.05, 0.1) is 18.4 Å². The molecule has 4 nitrogen and oxygen atoms in total. The summed E-state index contributed by atoms with van der Waals surface area (Å²) in [6.07, 6.45) is 8.25. The molecule has 6 atom stereocenters. The van der Waals surface area contributed by atoms with E-state index in [-0.39, 0.29) is 22.7 Å². The average Bonchev–Trinajstić information content (AvgIpc) is 2.63. The lowest BCUT2D eigenvalue weighted by Gasteiger charge is -2.54. The molecule has 2 aliphatic carbocycles. The molecule has 0 saturated heterocycles. The summed E-state index contributed by atoms with van der Waals surface area (Å²) >= 11 is 0. The van der Waals surface area contributed by atoms with Gasteiger partial charge in [-0.05, 0) is 66.6 Å². The predicted molar refractivity (Wildman–Crippen MR) is 121 cm³/mol. The number of aliphatic carboxylic acids is 1. The maximum Gasteiger partial charge on any atom is 0.309 e. The van der Waals surface area contributed by atoms with Gasteiger partial charge in [-0.15, -0.1) is 0 Å². The number of hydrogen-bond donors (Lipinski definition) is 1. The second-order valence-electron chi connectivity index (χ2n) is 11.8. The highest BCUT2D eigenvalue weighted by Gasteiger charge is 2.49. The SMILES string of the molecule is CCCCC1C(COC(=O)C2CCCC(C)C2C(=O)O)CCC(C(C)(C)C)C1(C)C. The number of hydrogen-bond acceptors (Lipinski definition) is 3. The smallest absolute Gasteiger partial charge is 0.309 e. The number of unbranched alkanes of at least 4 members (excludes halogenated alkanes) is 1. The molecule has 6 unspecified atom stereocenters. The van der Waals surface area contributed by atoms with Crippen LogP contribution >= 0.6 is 0 Å². The minimum atomic E-state index is -0.850. The predicted octanol–water partition coefficient (Wildman–Crippen LogP) is 6.57. The number of carboxylic acids is 1. The van der Waals surface area contributed by atoms with Crippen LogP contribution in [-0.4, -0.2) is 23.7 Å². The minimum absolute atomic E-state index is 0.0345. The number of esters is 1. The Balaban J connectivity index is 2.10. The minimum Gasteiger partial charge on any atom is -0.481 e. The first-order chi connectivity index (χ1) is 13.9. The first-order valence-electron chi connectivity index (χ1n) is 12.3. The summed E-state index contributed by atoms with van der Waals surface area (Å²) in [6.45, 7) is 16.5. The van der Waals surface area contributed by atoms with Crippen molar-refractivity contribution in [3.8, 4) is 0 Å². The van der Waals surface area contributed by atoms with Crippen molar-refractivity contribution in [3.05, 3.63) is 0 Å². The summed E-state index contributed by atoms with van der Waals surface area (Å²) in [5, 5.41) is 9.65. The van der Waals surface area contributed by atoms with Gasteiger partial charge >= 0.3 is 11.9 Å². The summed E-state index contributed by atoms with van der Waals surface area (Å²) in [4.78, 5) is 24.7. The summed E-state index contributed by atoms with van der Waals surface area (Å²) in [5.41, 5.74) is 0.467. The monoisotopic (exact) mass is 422 g/mol. The molecule has 0 amide bonds. The molecule has 174 valence electrons. The van der Waals surface area contributed by atoms with E-state index in [2.05, 4.69) is 41.5 Å². The quantitative estimate of drug-likeness (QED) is 0.471. The van der Waals surface area contributed by atoms with E-state index in [1.807, 2.05) is 6.92 Å². The van der Waals surface area contributed by atoms with E-state index in [0.717, 1.165) is 19.3 Å². The number of carbonyl (C=O) groups excluding carboxylic acids is 1. The van der Waals surface area contributed by atoms with Gasteiger partial charge in [-0.1, -0.05) is 67.7 Å². The number of carbonyl (C=O) groups is 2. The molecule has 2 rings (SSSR count). The highest BCUT2D eigenvalue weighted by Crippen LogP contribution is 2.55. The number of carboxylic acid groups (broad SMARTS) is 1. The van der Waals surface area contributed by atoms with Crippen molar-refractivity contribution in [1.29, 1.82) is 0 Å². The Morgan fingerprint density at radius 1 is 1.10 bits per heavy atom. The summed E-state index contributed by atoms with van der Waals surface area (Å²) in [5.74, 6) is -0.631. The zero-order chi connectivity index (χ0) is 22.7. The molecule has 0 bridgehead atoms. The highest BCUT2D eigenvalue weighted by molar-refractivity contribution is 5.81. The van der Waals surface area contributed by atoms with Crippen molar-refractivity contribution < 1.29 is 19.4 Å². The fourth-order valence-corrected chi connectivity index (χ4v) is 6.99. The van der Waals surface area contributed by atoms with E-state index in [1.165, 1.54) is 25.7 Å². The van der Waals surface area contributed by atoms with Crippen LogP contribution in [-0.2, 0) is 14.3 Å². The maximum atomic E-state index is 12.9. The molecule has 2 saturated carbocycles. The van der Waals surface area contributed by atoms with E-state index in [9.17, 15) is 14.7 Å². The van der Waals surface area contributed by atoms with Gasteiger partial charge in [0.2, 0.25) is 0 Å². The molecule has 0 aliphatic heterocycles. The van der Waals surface area contributed by atoms with Gasteiger partial charge in [0.15, 0.2) is 0 Å². The van der Waals surface area contributed by atoms with Gasteiger partial charge in [-0.3, -0.25) is 9.59 Å². The molecular formula is C26H46O4. The van der Waals surface area contributed by atoms with E-state index >= 15 is 0 Å². The Morgan fingerprint density at radius 2 is 1.77 bits per heavy atom. The van der Waals surface area contributed by atoms with Gasteiger partial charge in [0.1, 0.15) is 0 Å². The van der Waals surface area contributed by atoms with Crippen LogP contribution in [0, 0.1) is 46.3 Å². The molecule has 2 aliphatic rings. The van der Waals surface area contributed by atoms with E-state index < -0.39 is 17.8 Å². The van der Waals surface area contributed by atoms with Gasteiger partial charge in [0.25, 0.3) is 0 Å². The van der Waals surface area contributed by atoms with Crippen LogP contribution in [0.5, 0.6) is 0 Å². The third kappa shape index (κ3) is 5.59. The van der Waals surface area contributed by atoms with Crippen molar-refractivity contribution in [3.63, 3.8) is 0 Å². The fraction of sp³-hybridized carbons (Fsp3) is 0.923. The fourth-order valence-electron chi connectivity index (χ4n) is 6.99. The normalized spacial score (nSPS) is 34.4. The summed E-state index contributed by atoms with van der Waals surface area (Å²) in [7, 11) is 0. The molecule has 30 heavy (non-hydrogen) atoms. The molecule has 0 aromatic carbocycles. The van der Waals surface area contributed by atoms with E-state index in [4.69, 9.17) is 4.74 Å². The first kappa shape index (κ1) is 25.2. The third-order valence-corrected chi connectivity index (χ3v) is 8.41. The van der Waals surface area contributed by atoms with Crippen molar-refractivity contribution in [2.75, 3.05) is 6.61 Å². The highest BCUT2D eigenvalue weighted by atomic mass is 16.5. The van der Waals surface area contributed by atoms with Crippen LogP contribution in [0.15, 0.2) is 0 Å². The molecule has 0 aromatic heterocycles. The van der Waals surface area contributed by atoms with Crippen LogP contribution in [0.4, 0.5) is 0 Å². The zero-order valence-electron chi connectivity index (χ0n) is 20.5. The standard InChI is InChI=1S/C26H46O4/c1-8-9-13-20-18(14-15-21(25(3,4)5)26(20,6)7)16-30-24(29)19-12-10-11-17(2)22(19)23(27)28/h17-22H,8-16H2,1-7H3,(H,27,28). The van der Waals surface area contributed by atoms with Crippen molar-refractivity contribution in [1.82, 2.24) is 0 Å². The molecule has 0 heterocycles. The van der Waals surface area contributed by atoms with Crippen molar-refractivity contribution >= 4 is 11.9 Å². The lowest BCUT2D eigenvalue weighted by atomic mass is 9.51. The molecule has 2 fully saturated rings. The van der Waals surface area contributed by atoms with Gasteiger partial charge in [0, 0.05) is 0 Å². The topological polar surface area (TPSA) is 63.6 Å². The number of rotatable bonds is 7. The maximum absolute atomic E-state index is 12.9. The van der Waals surface area contributed by atoms with E-state index in [0.29, 0.717) is 30.8 Å². The van der Waals surface area contributed by atoms with Crippen LogP contribution in [0.25, 0.3) is 0 Å². The zero-order valence-corrected chi connectivity index (χ0v) is 20.5. The molecule has 0 radical (unpaired) electrons. The molecule has 1 N–H and O–H groups in total.